The average molecular weight is 278 g/mol. The number of hydrogen-bond donors (Lipinski definition) is 1. The van der Waals surface area contributed by atoms with Crippen LogP contribution in [-0.4, -0.2) is 24.3 Å². The Labute approximate surface area is 112 Å². The van der Waals surface area contributed by atoms with Crippen LogP contribution in [0.3, 0.4) is 0 Å². The van der Waals surface area contributed by atoms with Crippen LogP contribution in [-0.2, 0) is 13.1 Å². The van der Waals surface area contributed by atoms with Crippen LogP contribution in [0.4, 0.5) is 14.7 Å². The fraction of sp³-hybridized carbons (Fsp3) is 0.250. The topological polar surface area (TPSA) is 74.5 Å². The Balaban J connectivity index is 2.14. The second kappa shape index (κ2) is 4.55. The number of fused-ring (bicyclic) bond motifs is 1. The summed E-state index contributed by atoms with van der Waals surface area (Å²) in [5, 5.41) is 7.78. The van der Waals surface area contributed by atoms with Gasteiger partial charge >= 0.3 is 0 Å². The SMILES string of the molecule is CCn1cnnc1Cn1c(N)nc2c(F)cc(F)cc21. The number of hydrogen-bond acceptors (Lipinski definition) is 4. The van der Waals surface area contributed by atoms with E-state index in [-0.39, 0.29) is 18.0 Å². The summed E-state index contributed by atoms with van der Waals surface area (Å²) in [5.74, 6) is -0.658. The highest BCUT2D eigenvalue weighted by molar-refractivity contribution is 5.79. The Morgan fingerprint density at radius 3 is 2.85 bits per heavy atom. The van der Waals surface area contributed by atoms with Crippen LogP contribution in [0, 0.1) is 11.6 Å². The largest absolute Gasteiger partial charge is 0.369 e. The molecule has 0 radical (unpaired) electrons. The summed E-state index contributed by atoms with van der Waals surface area (Å²) in [6.07, 6.45) is 1.59. The fourth-order valence-electron chi connectivity index (χ4n) is 2.14. The molecule has 2 N–H and O–H groups in total. The number of aromatic nitrogens is 5. The first-order chi connectivity index (χ1) is 9.60. The van der Waals surface area contributed by atoms with E-state index in [9.17, 15) is 8.78 Å². The number of imidazole rings is 1. The van der Waals surface area contributed by atoms with E-state index in [0.29, 0.717) is 17.9 Å². The summed E-state index contributed by atoms with van der Waals surface area (Å²) in [6, 6.07) is 1.99. The first-order valence-corrected chi connectivity index (χ1v) is 6.07. The predicted octanol–water partition coefficient (Wildman–Crippen LogP) is 1.56. The molecule has 1 aromatic carbocycles. The molecule has 0 bridgehead atoms. The van der Waals surface area contributed by atoms with Crippen LogP contribution in [0.25, 0.3) is 11.0 Å². The van der Waals surface area contributed by atoms with Crippen molar-refractivity contribution in [3.63, 3.8) is 0 Å². The predicted molar refractivity (Wildman–Crippen MR) is 68.9 cm³/mol. The molecule has 3 rings (SSSR count). The molecular weight excluding hydrogens is 266 g/mol. The summed E-state index contributed by atoms with van der Waals surface area (Å²) in [7, 11) is 0. The van der Waals surface area contributed by atoms with Crippen molar-refractivity contribution in [3.05, 3.63) is 35.9 Å². The number of anilines is 1. The van der Waals surface area contributed by atoms with Crippen LogP contribution in [0.2, 0.25) is 0 Å². The van der Waals surface area contributed by atoms with Crippen LogP contribution in [0.1, 0.15) is 12.7 Å². The molecule has 104 valence electrons. The second-order valence-corrected chi connectivity index (χ2v) is 4.34. The lowest BCUT2D eigenvalue weighted by Gasteiger charge is -2.07. The van der Waals surface area contributed by atoms with Gasteiger partial charge in [-0.2, -0.15) is 0 Å². The van der Waals surface area contributed by atoms with Gasteiger partial charge in [0.15, 0.2) is 11.6 Å². The maximum atomic E-state index is 13.7. The van der Waals surface area contributed by atoms with Gasteiger partial charge in [0.2, 0.25) is 5.95 Å². The van der Waals surface area contributed by atoms with Gasteiger partial charge in [0.25, 0.3) is 0 Å². The maximum absolute atomic E-state index is 13.7. The lowest BCUT2D eigenvalue weighted by Crippen LogP contribution is -2.10. The van der Waals surface area contributed by atoms with Gasteiger partial charge in [0.1, 0.15) is 17.7 Å². The minimum Gasteiger partial charge on any atom is -0.369 e. The van der Waals surface area contributed by atoms with Gasteiger partial charge in [-0.05, 0) is 6.92 Å². The lowest BCUT2D eigenvalue weighted by molar-refractivity contribution is 0.589. The second-order valence-electron chi connectivity index (χ2n) is 4.34. The first-order valence-electron chi connectivity index (χ1n) is 6.07. The van der Waals surface area contributed by atoms with Gasteiger partial charge < -0.3 is 14.9 Å². The van der Waals surface area contributed by atoms with E-state index in [4.69, 9.17) is 5.73 Å². The third-order valence-electron chi connectivity index (χ3n) is 3.14. The molecule has 0 fully saturated rings. The smallest absolute Gasteiger partial charge is 0.201 e. The minimum atomic E-state index is -0.734. The van der Waals surface area contributed by atoms with Crippen molar-refractivity contribution in [1.82, 2.24) is 24.3 Å². The van der Waals surface area contributed by atoms with Gasteiger partial charge in [0, 0.05) is 18.7 Å². The Morgan fingerprint density at radius 1 is 1.30 bits per heavy atom. The van der Waals surface area contributed by atoms with Crippen LogP contribution >= 0.6 is 0 Å². The minimum absolute atomic E-state index is 0.0477. The maximum Gasteiger partial charge on any atom is 0.201 e. The van der Waals surface area contributed by atoms with Crippen molar-refractivity contribution in [2.75, 3.05) is 5.73 Å². The Morgan fingerprint density at radius 2 is 2.10 bits per heavy atom. The van der Waals surface area contributed by atoms with Gasteiger partial charge in [-0.1, -0.05) is 0 Å². The standard InChI is InChI=1S/C12H12F2N6/c1-2-19-6-16-18-10(19)5-20-9-4-7(13)3-8(14)11(9)17-12(20)15/h3-4,6H,2,5H2,1H3,(H2,15,17). The van der Waals surface area contributed by atoms with Crippen molar-refractivity contribution in [2.45, 2.75) is 20.0 Å². The summed E-state index contributed by atoms with van der Waals surface area (Å²) in [6.45, 7) is 2.89. The molecule has 0 atom stereocenters. The van der Waals surface area contributed by atoms with Crippen molar-refractivity contribution in [1.29, 1.82) is 0 Å². The van der Waals surface area contributed by atoms with Crippen LogP contribution in [0.15, 0.2) is 18.5 Å². The number of nitrogens with two attached hydrogens (primary N) is 1. The van der Waals surface area contributed by atoms with Crippen molar-refractivity contribution in [3.8, 4) is 0 Å². The highest BCUT2D eigenvalue weighted by Crippen LogP contribution is 2.22. The van der Waals surface area contributed by atoms with E-state index in [1.807, 2.05) is 11.5 Å². The van der Waals surface area contributed by atoms with E-state index in [2.05, 4.69) is 15.2 Å². The number of nitrogens with zero attached hydrogens (tertiary/aromatic N) is 5. The van der Waals surface area contributed by atoms with E-state index in [0.717, 1.165) is 6.07 Å². The van der Waals surface area contributed by atoms with Crippen LogP contribution in [0.5, 0.6) is 0 Å². The summed E-state index contributed by atoms with van der Waals surface area (Å²) in [5.41, 5.74) is 6.13. The highest BCUT2D eigenvalue weighted by atomic mass is 19.1. The molecule has 2 aromatic heterocycles. The average Bonchev–Trinajstić information content (AvgIpc) is 2.97. The summed E-state index contributed by atoms with van der Waals surface area (Å²) >= 11 is 0. The molecule has 20 heavy (non-hydrogen) atoms. The molecule has 8 heteroatoms. The highest BCUT2D eigenvalue weighted by Gasteiger charge is 2.15. The zero-order valence-corrected chi connectivity index (χ0v) is 10.7. The molecule has 0 spiro atoms. The summed E-state index contributed by atoms with van der Waals surface area (Å²) in [4.78, 5) is 3.93. The summed E-state index contributed by atoms with van der Waals surface area (Å²) < 4.78 is 30.3. The quantitative estimate of drug-likeness (QED) is 0.789. The van der Waals surface area contributed by atoms with Gasteiger partial charge in [-0.3, -0.25) is 0 Å². The fourth-order valence-corrected chi connectivity index (χ4v) is 2.14. The normalized spacial score (nSPS) is 11.3. The Bertz CT molecular complexity index is 776. The van der Waals surface area contributed by atoms with Gasteiger partial charge in [-0.15, -0.1) is 10.2 Å². The zero-order chi connectivity index (χ0) is 14.3. The van der Waals surface area contributed by atoms with Crippen LogP contribution < -0.4 is 5.73 Å². The number of benzene rings is 1. The number of rotatable bonds is 3. The molecule has 6 nitrogen and oxygen atoms in total. The molecule has 2 heterocycles. The number of nitrogen functional groups attached to an aromatic ring is 1. The molecule has 0 amide bonds. The number of aryl methyl sites for hydroxylation is 1. The Kier molecular flexibility index (Phi) is 2.85. The lowest BCUT2D eigenvalue weighted by atomic mass is 10.3. The molecule has 0 aliphatic rings. The number of halogens is 2. The zero-order valence-electron chi connectivity index (χ0n) is 10.7. The van der Waals surface area contributed by atoms with Crippen molar-refractivity contribution < 1.29 is 8.78 Å². The van der Waals surface area contributed by atoms with Crippen molar-refractivity contribution >= 4 is 17.0 Å². The molecular formula is C12H12F2N6. The van der Waals surface area contributed by atoms with E-state index < -0.39 is 11.6 Å². The molecule has 0 unspecified atom stereocenters. The molecule has 0 saturated carbocycles. The monoisotopic (exact) mass is 278 g/mol. The molecule has 0 saturated heterocycles. The van der Waals surface area contributed by atoms with Gasteiger partial charge in [-0.25, -0.2) is 13.8 Å². The molecule has 3 aromatic rings. The molecule has 0 aliphatic heterocycles. The Hall–Kier alpha value is -2.51. The third-order valence-corrected chi connectivity index (χ3v) is 3.14. The van der Waals surface area contributed by atoms with E-state index in [1.54, 1.807) is 6.33 Å². The van der Waals surface area contributed by atoms with E-state index >= 15 is 0 Å². The van der Waals surface area contributed by atoms with Crippen molar-refractivity contribution in [2.24, 2.45) is 0 Å². The van der Waals surface area contributed by atoms with Gasteiger partial charge in [0.05, 0.1) is 12.1 Å². The first kappa shape index (κ1) is 12.5. The molecule has 0 aliphatic carbocycles. The van der Waals surface area contributed by atoms with E-state index in [1.165, 1.54) is 10.6 Å². The third kappa shape index (κ3) is 1.89.